The van der Waals surface area contributed by atoms with Crippen molar-refractivity contribution in [1.82, 2.24) is 0 Å². The first-order valence-corrected chi connectivity index (χ1v) is 27.3. The van der Waals surface area contributed by atoms with Crippen LogP contribution in [0.25, 0.3) is 0 Å². The molecule has 0 aliphatic heterocycles. The Balaban J connectivity index is 4.53. The van der Waals surface area contributed by atoms with Crippen LogP contribution in [0, 0.1) is 0 Å². The molecule has 0 aliphatic rings. The molecule has 1 atom stereocenters. The second-order valence-electron chi connectivity index (χ2n) is 17.8. The van der Waals surface area contributed by atoms with Crippen LogP contribution in [0.1, 0.15) is 245 Å². The summed E-state index contributed by atoms with van der Waals surface area (Å²) in [7, 11) is 0. The molecule has 0 fully saturated rings. The van der Waals surface area contributed by atoms with Crippen LogP contribution < -0.4 is 0 Å². The van der Waals surface area contributed by atoms with Gasteiger partial charge in [0.15, 0.2) is 6.10 Å². The molecule has 0 aliphatic carbocycles. The smallest absolute Gasteiger partial charge is 0.306 e. The number of hydrogen-bond acceptors (Lipinski definition) is 6. The summed E-state index contributed by atoms with van der Waals surface area (Å²) in [6, 6.07) is 0. The third kappa shape index (κ3) is 51.3. The quantitative estimate of drug-likeness (QED) is 0.0199. The minimum Gasteiger partial charge on any atom is -0.462 e. The van der Waals surface area contributed by atoms with E-state index >= 15 is 0 Å². The highest BCUT2D eigenvalue weighted by Crippen LogP contribution is 2.13. The Morgan fingerprint density at radius 2 is 0.667 bits per heavy atom. The molecule has 0 aromatic carbocycles. The number of carbonyl (C=O) groups is 3. The lowest BCUT2D eigenvalue weighted by molar-refractivity contribution is -0.166. The zero-order valence-corrected chi connectivity index (χ0v) is 42.9. The number of ether oxygens (including phenoxy) is 3. The van der Waals surface area contributed by atoms with Gasteiger partial charge in [-0.05, 0) is 103 Å². The first kappa shape index (κ1) is 62.3. The molecule has 0 aromatic rings. The number of allylic oxidation sites excluding steroid dienone is 16. The maximum absolute atomic E-state index is 12.8. The van der Waals surface area contributed by atoms with Crippen LogP contribution in [-0.2, 0) is 28.6 Å². The van der Waals surface area contributed by atoms with Crippen molar-refractivity contribution in [2.75, 3.05) is 13.2 Å². The van der Waals surface area contributed by atoms with Crippen molar-refractivity contribution in [2.45, 2.75) is 252 Å². The van der Waals surface area contributed by atoms with Crippen molar-refractivity contribution in [3.05, 3.63) is 97.2 Å². The van der Waals surface area contributed by atoms with Gasteiger partial charge >= 0.3 is 17.9 Å². The van der Waals surface area contributed by atoms with E-state index in [1.54, 1.807) is 0 Å². The molecule has 0 aromatic heterocycles. The lowest BCUT2D eigenvalue weighted by Gasteiger charge is -2.18. The topological polar surface area (TPSA) is 78.9 Å². The molecule has 0 heterocycles. The first-order valence-electron chi connectivity index (χ1n) is 27.3. The van der Waals surface area contributed by atoms with E-state index in [0.717, 1.165) is 103 Å². The average molecular weight is 917 g/mol. The Morgan fingerprint density at radius 3 is 1.09 bits per heavy atom. The molecule has 0 amide bonds. The van der Waals surface area contributed by atoms with Crippen LogP contribution in [0.15, 0.2) is 97.2 Å². The van der Waals surface area contributed by atoms with E-state index in [0.29, 0.717) is 19.3 Å². The summed E-state index contributed by atoms with van der Waals surface area (Å²) in [4.78, 5) is 38.0. The normalized spacial score (nSPS) is 12.8. The third-order valence-electron chi connectivity index (χ3n) is 11.3. The van der Waals surface area contributed by atoms with Gasteiger partial charge in [-0.15, -0.1) is 0 Å². The molecule has 6 heteroatoms. The Kier molecular flexibility index (Phi) is 50.9. The van der Waals surface area contributed by atoms with E-state index in [2.05, 4.69) is 106 Å². The fourth-order valence-corrected chi connectivity index (χ4v) is 7.24. The number of esters is 3. The van der Waals surface area contributed by atoms with Gasteiger partial charge in [-0.1, -0.05) is 221 Å². The summed E-state index contributed by atoms with van der Waals surface area (Å²) in [5.41, 5.74) is 0. The molecule has 66 heavy (non-hydrogen) atoms. The molecule has 0 radical (unpaired) electrons. The molecule has 0 saturated carbocycles. The van der Waals surface area contributed by atoms with Gasteiger partial charge in [-0.2, -0.15) is 0 Å². The van der Waals surface area contributed by atoms with Crippen molar-refractivity contribution in [3.8, 4) is 0 Å². The number of carbonyl (C=O) groups excluding carboxylic acids is 3. The van der Waals surface area contributed by atoms with Crippen molar-refractivity contribution >= 4 is 17.9 Å². The Hall–Kier alpha value is -3.67. The maximum atomic E-state index is 12.8. The molecular formula is C60H100O6. The summed E-state index contributed by atoms with van der Waals surface area (Å²) in [5, 5.41) is 0. The van der Waals surface area contributed by atoms with Gasteiger partial charge in [-0.25, -0.2) is 0 Å². The monoisotopic (exact) mass is 917 g/mol. The van der Waals surface area contributed by atoms with Crippen LogP contribution in [0.5, 0.6) is 0 Å². The molecule has 0 rings (SSSR count). The zero-order valence-electron chi connectivity index (χ0n) is 42.9. The molecule has 0 N–H and O–H groups in total. The second-order valence-corrected chi connectivity index (χ2v) is 17.8. The van der Waals surface area contributed by atoms with Gasteiger partial charge in [0.2, 0.25) is 0 Å². The van der Waals surface area contributed by atoms with Gasteiger partial charge in [0.25, 0.3) is 0 Å². The van der Waals surface area contributed by atoms with E-state index < -0.39 is 12.1 Å². The lowest BCUT2D eigenvalue weighted by atomic mass is 10.1. The molecule has 0 spiro atoms. The summed E-state index contributed by atoms with van der Waals surface area (Å²) >= 11 is 0. The number of rotatable bonds is 48. The fraction of sp³-hybridized carbons (Fsp3) is 0.683. The summed E-state index contributed by atoms with van der Waals surface area (Å²) < 4.78 is 16.7. The van der Waals surface area contributed by atoms with Gasteiger partial charge in [-0.3, -0.25) is 14.4 Å². The van der Waals surface area contributed by atoms with Gasteiger partial charge in [0, 0.05) is 19.3 Å². The van der Waals surface area contributed by atoms with Crippen molar-refractivity contribution in [3.63, 3.8) is 0 Å². The highest BCUT2D eigenvalue weighted by atomic mass is 16.6. The van der Waals surface area contributed by atoms with Gasteiger partial charge in [0.1, 0.15) is 13.2 Å². The van der Waals surface area contributed by atoms with Crippen LogP contribution >= 0.6 is 0 Å². The van der Waals surface area contributed by atoms with Gasteiger partial charge < -0.3 is 14.2 Å². The minimum absolute atomic E-state index is 0.120. The van der Waals surface area contributed by atoms with Gasteiger partial charge in [0.05, 0.1) is 0 Å². The highest BCUT2D eigenvalue weighted by molar-refractivity contribution is 5.71. The van der Waals surface area contributed by atoms with Crippen LogP contribution in [0.2, 0.25) is 0 Å². The van der Waals surface area contributed by atoms with Crippen LogP contribution in [-0.4, -0.2) is 37.2 Å². The third-order valence-corrected chi connectivity index (χ3v) is 11.3. The fourth-order valence-electron chi connectivity index (χ4n) is 7.24. The van der Waals surface area contributed by atoms with Crippen molar-refractivity contribution in [2.24, 2.45) is 0 Å². The van der Waals surface area contributed by atoms with Crippen molar-refractivity contribution < 1.29 is 28.6 Å². The second kappa shape index (κ2) is 53.9. The SMILES string of the molecule is CC/C=C\C/C=C\C/C=C\C/C=C\C/C=C\CCC(=O)OC(COC(=O)CCCCC/C=C\CCCCCCCCC)COC(=O)CCCCCCC/C=C\C=C/CCCCCCCCC. The van der Waals surface area contributed by atoms with E-state index in [1.165, 1.54) is 96.3 Å². The average Bonchev–Trinajstić information content (AvgIpc) is 3.31. The molecule has 0 bridgehead atoms. The largest absolute Gasteiger partial charge is 0.462 e. The lowest BCUT2D eigenvalue weighted by Crippen LogP contribution is -2.30. The minimum atomic E-state index is -0.830. The Labute approximate surface area is 407 Å². The summed E-state index contributed by atoms with van der Waals surface area (Å²) in [6.45, 7) is 6.42. The van der Waals surface area contributed by atoms with E-state index in [1.807, 2.05) is 12.2 Å². The first-order chi connectivity index (χ1) is 32.5. The Morgan fingerprint density at radius 1 is 0.333 bits per heavy atom. The Bertz CT molecular complexity index is 1330. The van der Waals surface area contributed by atoms with E-state index in [-0.39, 0.29) is 31.6 Å². The molecule has 0 saturated heterocycles. The van der Waals surface area contributed by atoms with Crippen molar-refractivity contribution in [1.29, 1.82) is 0 Å². The number of hydrogen-bond donors (Lipinski definition) is 0. The number of unbranched alkanes of at least 4 members (excludes halogenated alkanes) is 22. The van der Waals surface area contributed by atoms with E-state index in [9.17, 15) is 14.4 Å². The van der Waals surface area contributed by atoms with Crippen LogP contribution in [0.3, 0.4) is 0 Å². The predicted molar refractivity (Wildman–Crippen MR) is 284 cm³/mol. The maximum Gasteiger partial charge on any atom is 0.306 e. The predicted octanol–water partition coefficient (Wildman–Crippen LogP) is 18.1. The summed E-state index contributed by atoms with van der Waals surface area (Å²) in [5.74, 6) is -1.03. The molecule has 1 unspecified atom stereocenters. The molecule has 376 valence electrons. The van der Waals surface area contributed by atoms with E-state index in [4.69, 9.17) is 14.2 Å². The molecule has 6 nitrogen and oxygen atoms in total. The standard InChI is InChI=1S/C60H100O6/c1-4-7-10-13-16-19-22-25-28-30-31-33-35-38-41-44-47-50-53-59(62)65-56-57(55-64-58(61)52-49-46-43-40-37-34-27-24-21-18-15-12-9-6-3)66-60(63)54-51-48-45-42-39-36-32-29-26-23-20-17-14-11-8-5-2/h8,11,17,20,26,28-31,33-34,36-37,39,45,48,57H,4-7,9-10,12-16,18-19,21-25,27,32,35,38,40-44,46-47,49-56H2,1-3H3/b11-8-,20-17-,29-26-,30-28-,33-31-,37-34-,39-36-,48-45-. The summed E-state index contributed by atoms with van der Waals surface area (Å²) in [6.07, 6.45) is 71.2. The molecular weight excluding hydrogens is 817 g/mol. The highest BCUT2D eigenvalue weighted by Gasteiger charge is 2.19. The van der Waals surface area contributed by atoms with Crippen LogP contribution in [0.4, 0.5) is 0 Å². The zero-order chi connectivity index (χ0) is 47.9.